The van der Waals surface area contributed by atoms with E-state index in [0.717, 1.165) is 32.4 Å². The maximum absolute atomic E-state index is 11.9. The highest BCUT2D eigenvalue weighted by Crippen LogP contribution is 2.17. The minimum atomic E-state index is -2.87. The normalized spacial score (nSPS) is 26.6. The summed E-state index contributed by atoms with van der Waals surface area (Å²) in [7, 11) is -2.87. The van der Waals surface area contributed by atoms with Crippen molar-refractivity contribution in [3.8, 4) is 0 Å². The van der Waals surface area contributed by atoms with E-state index in [4.69, 9.17) is 0 Å². The van der Waals surface area contributed by atoms with E-state index in [1.807, 2.05) is 6.92 Å². The fourth-order valence-electron chi connectivity index (χ4n) is 2.89. The molecular formula is C15H32N2O2S. The van der Waals surface area contributed by atoms with Gasteiger partial charge in [0, 0.05) is 37.5 Å². The average Bonchev–Trinajstić information content (AvgIpc) is 2.44. The molecule has 3 atom stereocenters. The predicted octanol–water partition coefficient (Wildman–Crippen LogP) is 1.91. The van der Waals surface area contributed by atoms with Crippen LogP contribution in [-0.4, -0.2) is 56.5 Å². The van der Waals surface area contributed by atoms with E-state index in [0.29, 0.717) is 36.1 Å². The molecule has 0 bridgehead atoms. The number of sulfone groups is 1. The molecule has 0 radical (unpaired) electrons. The van der Waals surface area contributed by atoms with E-state index >= 15 is 0 Å². The molecule has 0 aromatic heterocycles. The zero-order valence-corrected chi connectivity index (χ0v) is 14.4. The lowest BCUT2D eigenvalue weighted by atomic mass is 9.95. The van der Waals surface area contributed by atoms with Crippen molar-refractivity contribution in [2.24, 2.45) is 5.92 Å². The number of hydrogen-bond acceptors (Lipinski definition) is 4. The SMILES string of the molecule is CCCS(=O)(=O)CCN1CC(C(C)CC)NCC1CC. The predicted molar refractivity (Wildman–Crippen MR) is 85.8 cm³/mol. The van der Waals surface area contributed by atoms with E-state index in [1.165, 1.54) is 0 Å². The maximum Gasteiger partial charge on any atom is 0.151 e. The van der Waals surface area contributed by atoms with E-state index < -0.39 is 9.84 Å². The van der Waals surface area contributed by atoms with Gasteiger partial charge in [0.1, 0.15) is 0 Å². The first-order chi connectivity index (χ1) is 9.43. The van der Waals surface area contributed by atoms with Crippen LogP contribution in [0.1, 0.15) is 47.0 Å². The molecule has 20 heavy (non-hydrogen) atoms. The molecule has 3 unspecified atom stereocenters. The highest BCUT2D eigenvalue weighted by Gasteiger charge is 2.29. The van der Waals surface area contributed by atoms with Gasteiger partial charge >= 0.3 is 0 Å². The summed E-state index contributed by atoms with van der Waals surface area (Å²) in [5.41, 5.74) is 0. The summed E-state index contributed by atoms with van der Waals surface area (Å²) >= 11 is 0. The second-order valence-electron chi connectivity index (χ2n) is 6.11. The van der Waals surface area contributed by atoms with Crippen molar-refractivity contribution in [3.63, 3.8) is 0 Å². The van der Waals surface area contributed by atoms with Crippen molar-refractivity contribution in [2.45, 2.75) is 59.0 Å². The van der Waals surface area contributed by atoms with Gasteiger partial charge in [-0.05, 0) is 18.8 Å². The molecule has 1 rings (SSSR count). The standard InChI is InChI=1S/C15H32N2O2S/c1-5-9-20(18,19)10-8-17-12-15(13(4)6-2)16-11-14(17)7-3/h13-16H,5-12H2,1-4H3. The topological polar surface area (TPSA) is 49.4 Å². The van der Waals surface area contributed by atoms with Crippen LogP contribution in [0, 0.1) is 5.92 Å². The molecule has 1 fully saturated rings. The second-order valence-corrected chi connectivity index (χ2v) is 8.41. The lowest BCUT2D eigenvalue weighted by Crippen LogP contribution is -2.58. The van der Waals surface area contributed by atoms with E-state index in [9.17, 15) is 8.42 Å². The number of hydrogen-bond donors (Lipinski definition) is 1. The third-order valence-corrected chi connectivity index (χ3v) is 6.40. The van der Waals surface area contributed by atoms with Gasteiger partial charge in [-0.25, -0.2) is 8.42 Å². The summed E-state index contributed by atoms with van der Waals surface area (Å²) < 4.78 is 23.8. The minimum Gasteiger partial charge on any atom is -0.311 e. The number of piperazine rings is 1. The molecule has 120 valence electrons. The molecule has 0 aromatic rings. The molecule has 0 saturated carbocycles. The Labute approximate surface area is 125 Å². The Balaban J connectivity index is 2.58. The van der Waals surface area contributed by atoms with Gasteiger partial charge in [0.05, 0.1) is 5.75 Å². The van der Waals surface area contributed by atoms with Crippen molar-refractivity contribution >= 4 is 9.84 Å². The van der Waals surface area contributed by atoms with Gasteiger partial charge in [0.15, 0.2) is 9.84 Å². The Hall–Kier alpha value is -0.130. The Morgan fingerprint density at radius 1 is 1.25 bits per heavy atom. The first kappa shape index (κ1) is 17.9. The summed E-state index contributed by atoms with van der Waals surface area (Å²) in [4.78, 5) is 2.39. The van der Waals surface area contributed by atoms with E-state index in [2.05, 4.69) is 31.0 Å². The Kier molecular flexibility index (Phi) is 7.48. The Morgan fingerprint density at radius 3 is 2.50 bits per heavy atom. The number of rotatable bonds is 8. The van der Waals surface area contributed by atoms with Crippen LogP contribution in [0.3, 0.4) is 0 Å². The van der Waals surface area contributed by atoms with Crippen LogP contribution in [0.15, 0.2) is 0 Å². The molecule has 1 saturated heterocycles. The molecule has 1 aliphatic rings. The molecule has 0 amide bonds. The Morgan fingerprint density at radius 2 is 1.95 bits per heavy atom. The van der Waals surface area contributed by atoms with Crippen LogP contribution in [0.4, 0.5) is 0 Å². The van der Waals surface area contributed by atoms with Gasteiger partial charge in [0.2, 0.25) is 0 Å². The maximum atomic E-state index is 11.9. The van der Waals surface area contributed by atoms with E-state index in [-0.39, 0.29) is 0 Å². The van der Waals surface area contributed by atoms with Crippen LogP contribution < -0.4 is 5.32 Å². The van der Waals surface area contributed by atoms with E-state index in [1.54, 1.807) is 0 Å². The first-order valence-electron chi connectivity index (χ1n) is 8.11. The van der Waals surface area contributed by atoms with Crippen LogP contribution in [0.5, 0.6) is 0 Å². The van der Waals surface area contributed by atoms with Gasteiger partial charge < -0.3 is 5.32 Å². The zero-order valence-electron chi connectivity index (χ0n) is 13.6. The quantitative estimate of drug-likeness (QED) is 0.744. The molecule has 1 N–H and O–H groups in total. The van der Waals surface area contributed by atoms with Crippen molar-refractivity contribution < 1.29 is 8.42 Å². The summed E-state index contributed by atoms with van der Waals surface area (Å²) in [5, 5.41) is 3.63. The third kappa shape index (κ3) is 5.34. The van der Waals surface area contributed by atoms with Gasteiger partial charge in [-0.2, -0.15) is 0 Å². The summed E-state index contributed by atoms with van der Waals surface area (Å²) in [6.45, 7) is 11.3. The molecule has 5 heteroatoms. The monoisotopic (exact) mass is 304 g/mol. The number of nitrogens with zero attached hydrogens (tertiary/aromatic N) is 1. The average molecular weight is 305 g/mol. The van der Waals surface area contributed by atoms with Gasteiger partial charge in [0.25, 0.3) is 0 Å². The molecule has 0 spiro atoms. The first-order valence-corrected chi connectivity index (χ1v) is 9.93. The summed E-state index contributed by atoms with van der Waals surface area (Å²) in [6, 6.07) is 0.976. The molecule has 1 heterocycles. The minimum absolute atomic E-state index is 0.310. The fourth-order valence-corrected chi connectivity index (χ4v) is 4.23. The molecular weight excluding hydrogens is 272 g/mol. The molecule has 0 aliphatic carbocycles. The highest BCUT2D eigenvalue weighted by atomic mass is 32.2. The van der Waals surface area contributed by atoms with Crippen molar-refractivity contribution in [1.29, 1.82) is 0 Å². The molecule has 4 nitrogen and oxygen atoms in total. The van der Waals surface area contributed by atoms with Crippen LogP contribution >= 0.6 is 0 Å². The number of nitrogens with one attached hydrogen (secondary N) is 1. The largest absolute Gasteiger partial charge is 0.311 e. The molecule has 1 aliphatic heterocycles. The van der Waals surface area contributed by atoms with Crippen molar-refractivity contribution in [3.05, 3.63) is 0 Å². The van der Waals surface area contributed by atoms with Crippen LogP contribution in [0.25, 0.3) is 0 Å². The Bertz CT molecular complexity index is 370. The van der Waals surface area contributed by atoms with Crippen LogP contribution in [0.2, 0.25) is 0 Å². The summed E-state index contributed by atoms with van der Waals surface area (Å²) in [6.07, 6.45) is 2.96. The molecule has 0 aromatic carbocycles. The van der Waals surface area contributed by atoms with Gasteiger partial charge in [-0.3, -0.25) is 4.90 Å². The van der Waals surface area contributed by atoms with Gasteiger partial charge in [-0.1, -0.05) is 34.1 Å². The van der Waals surface area contributed by atoms with Crippen LogP contribution in [-0.2, 0) is 9.84 Å². The van der Waals surface area contributed by atoms with Crippen molar-refractivity contribution in [1.82, 2.24) is 10.2 Å². The lowest BCUT2D eigenvalue weighted by molar-refractivity contribution is 0.113. The van der Waals surface area contributed by atoms with Gasteiger partial charge in [-0.15, -0.1) is 0 Å². The highest BCUT2D eigenvalue weighted by molar-refractivity contribution is 7.91. The fraction of sp³-hybridized carbons (Fsp3) is 1.00. The lowest BCUT2D eigenvalue weighted by Gasteiger charge is -2.42. The smallest absolute Gasteiger partial charge is 0.151 e. The summed E-state index contributed by atoms with van der Waals surface area (Å²) in [5.74, 6) is 1.28. The second kappa shape index (κ2) is 8.35. The third-order valence-electron chi connectivity index (χ3n) is 4.57. The van der Waals surface area contributed by atoms with Crippen molar-refractivity contribution in [2.75, 3.05) is 31.1 Å². The zero-order chi connectivity index (χ0) is 15.2.